The summed E-state index contributed by atoms with van der Waals surface area (Å²) in [7, 11) is 0. The van der Waals surface area contributed by atoms with Crippen LogP contribution in [0.1, 0.15) is 84.0 Å². The molecular weight excluding hydrogens is 364 g/mol. The van der Waals surface area contributed by atoms with E-state index in [0.29, 0.717) is 30.1 Å². The third-order valence-corrected chi connectivity index (χ3v) is 7.48. The highest BCUT2D eigenvalue weighted by atomic mass is 16.4. The molecule has 162 valence electrons. The minimum absolute atomic E-state index is 0.0390. The molecule has 0 aromatic rings. The standard InChI is InChI=1S/C25H38O4/c1-2-3-10-19-18(11-6-7-12-24(28)29)20-13-16-23(27)21(25(19)20)14-15-22(26)17-8-4-5-9-17/h11,17,19-23,25-27H,2-10,12-13,16H2,1H3,(H,28,29)/t19?,20-,21+,22?,23-,25+/m1/s1. The largest absolute Gasteiger partial charge is 0.481 e. The Labute approximate surface area is 175 Å². The van der Waals surface area contributed by atoms with Crippen LogP contribution in [-0.4, -0.2) is 33.5 Å². The van der Waals surface area contributed by atoms with Gasteiger partial charge in [-0.25, -0.2) is 0 Å². The van der Waals surface area contributed by atoms with Gasteiger partial charge in [-0.15, -0.1) is 0 Å². The second-order valence-corrected chi connectivity index (χ2v) is 9.37. The third-order valence-electron chi connectivity index (χ3n) is 7.48. The lowest BCUT2D eigenvalue weighted by Gasteiger charge is -2.55. The Morgan fingerprint density at radius 1 is 1.21 bits per heavy atom. The van der Waals surface area contributed by atoms with Crippen LogP contribution in [-0.2, 0) is 4.79 Å². The number of carboxylic acid groups (broad SMARTS) is 1. The molecule has 3 saturated carbocycles. The van der Waals surface area contributed by atoms with Crippen molar-refractivity contribution in [3.63, 3.8) is 0 Å². The van der Waals surface area contributed by atoms with Crippen molar-refractivity contribution in [1.29, 1.82) is 0 Å². The van der Waals surface area contributed by atoms with Crippen LogP contribution in [0.2, 0.25) is 0 Å². The van der Waals surface area contributed by atoms with E-state index in [4.69, 9.17) is 5.11 Å². The summed E-state index contributed by atoms with van der Waals surface area (Å²) in [6.07, 6.45) is 12.8. The zero-order chi connectivity index (χ0) is 20.8. The highest BCUT2D eigenvalue weighted by molar-refractivity contribution is 5.66. The van der Waals surface area contributed by atoms with E-state index in [2.05, 4.69) is 24.8 Å². The van der Waals surface area contributed by atoms with Crippen molar-refractivity contribution >= 4 is 5.97 Å². The van der Waals surface area contributed by atoms with Crippen LogP contribution in [0.3, 0.4) is 0 Å². The number of aliphatic carboxylic acids is 1. The second-order valence-electron chi connectivity index (χ2n) is 9.37. The number of carbonyl (C=O) groups is 1. The molecule has 0 saturated heterocycles. The van der Waals surface area contributed by atoms with Gasteiger partial charge in [-0.2, -0.15) is 0 Å². The number of unbranched alkanes of at least 4 members (excludes halogenated alkanes) is 2. The Hall–Kier alpha value is -1.31. The Kier molecular flexibility index (Phi) is 8.21. The summed E-state index contributed by atoms with van der Waals surface area (Å²) in [4.78, 5) is 10.8. The molecule has 3 aliphatic rings. The Morgan fingerprint density at radius 3 is 2.66 bits per heavy atom. The number of hydrogen-bond donors (Lipinski definition) is 3. The SMILES string of the molecule is CCCCC1C(=CCCCC(=O)O)[C@H]2CC[C@@H](O)[C@H](C#CC(O)C3CCCC3)[C@@H]12. The Morgan fingerprint density at radius 2 is 1.97 bits per heavy atom. The number of hydrogen-bond acceptors (Lipinski definition) is 3. The van der Waals surface area contributed by atoms with Gasteiger partial charge in [-0.05, 0) is 68.6 Å². The smallest absolute Gasteiger partial charge is 0.303 e. The van der Waals surface area contributed by atoms with Crippen molar-refractivity contribution in [1.82, 2.24) is 0 Å². The first-order chi connectivity index (χ1) is 14.0. The average molecular weight is 403 g/mol. The molecule has 6 atom stereocenters. The minimum Gasteiger partial charge on any atom is -0.481 e. The van der Waals surface area contributed by atoms with Gasteiger partial charge in [0, 0.05) is 6.42 Å². The quantitative estimate of drug-likeness (QED) is 0.316. The average Bonchev–Trinajstić information content (AvgIpc) is 3.22. The highest BCUT2D eigenvalue weighted by Gasteiger charge is 2.52. The lowest BCUT2D eigenvalue weighted by atomic mass is 9.50. The van der Waals surface area contributed by atoms with Gasteiger partial charge in [0.1, 0.15) is 6.10 Å². The maximum absolute atomic E-state index is 10.8. The number of fused-ring (bicyclic) bond motifs is 1. The fourth-order valence-electron chi connectivity index (χ4n) is 5.90. The molecule has 0 radical (unpaired) electrons. The van der Waals surface area contributed by atoms with Crippen molar-refractivity contribution in [2.75, 3.05) is 0 Å². The number of aliphatic hydroxyl groups is 2. The van der Waals surface area contributed by atoms with Crippen LogP contribution >= 0.6 is 0 Å². The Balaban J connectivity index is 1.70. The van der Waals surface area contributed by atoms with Gasteiger partial charge in [0.05, 0.1) is 12.0 Å². The summed E-state index contributed by atoms with van der Waals surface area (Å²) < 4.78 is 0. The van der Waals surface area contributed by atoms with Crippen molar-refractivity contribution in [3.05, 3.63) is 11.6 Å². The number of aliphatic hydroxyl groups excluding tert-OH is 2. The maximum atomic E-state index is 10.8. The first-order valence-corrected chi connectivity index (χ1v) is 11.8. The van der Waals surface area contributed by atoms with E-state index in [9.17, 15) is 15.0 Å². The van der Waals surface area contributed by atoms with E-state index in [0.717, 1.165) is 44.9 Å². The van der Waals surface area contributed by atoms with Crippen LogP contribution in [0.4, 0.5) is 0 Å². The monoisotopic (exact) mass is 402 g/mol. The summed E-state index contributed by atoms with van der Waals surface area (Å²) in [5.74, 6) is 7.33. The lowest BCUT2D eigenvalue weighted by Crippen LogP contribution is -2.51. The molecule has 29 heavy (non-hydrogen) atoms. The normalized spacial score (nSPS) is 34.2. The van der Waals surface area contributed by atoms with E-state index in [1.807, 2.05) is 0 Å². The van der Waals surface area contributed by atoms with E-state index in [1.54, 1.807) is 0 Å². The molecule has 0 spiro atoms. The molecule has 0 aromatic heterocycles. The third kappa shape index (κ3) is 5.44. The van der Waals surface area contributed by atoms with Crippen LogP contribution in [0.5, 0.6) is 0 Å². The molecule has 0 amide bonds. The summed E-state index contributed by atoms with van der Waals surface area (Å²) in [6.45, 7) is 2.21. The summed E-state index contributed by atoms with van der Waals surface area (Å²) in [5, 5.41) is 30.0. The molecule has 0 aliphatic heterocycles. The van der Waals surface area contributed by atoms with E-state index < -0.39 is 18.2 Å². The van der Waals surface area contributed by atoms with Gasteiger partial charge in [-0.1, -0.05) is 56.1 Å². The van der Waals surface area contributed by atoms with Crippen molar-refractivity contribution in [2.24, 2.45) is 29.6 Å². The van der Waals surface area contributed by atoms with Gasteiger partial charge >= 0.3 is 5.97 Å². The zero-order valence-electron chi connectivity index (χ0n) is 17.9. The predicted octanol–water partition coefficient (Wildman–Crippen LogP) is 4.55. The first kappa shape index (κ1) is 22.4. The molecule has 3 N–H and O–H groups in total. The van der Waals surface area contributed by atoms with Crippen molar-refractivity contribution in [2.45, 2.75) is 96.2 Å². The second kappa shape index (κ2) is 10.6. The lowest BCUT2D eigenvalue weighted by molar-refractivity contribution is -0.137. The van der Waals surface area contributed by atoms with Crippen LogP contribution < -0.4 is 0 Å². The van der Waals surface area contributed by atoms with Crippen molar-refractivity contribution < 1.29 is 20.1 Å². The molecular formula is C25H38O4. The van der Waals surface area contributed by atoms with Gasteiger partial charge < -0.3 is 15.3 Å². The molecule has 3 rings (SSSR count). The van der Waals surface area contributed by atoms with Gasteiger partial charge in [-0.3, -0.25) is 4.79 Å². The highest BCUT2D eigenvalue weighted by Crippen LogP contribution is 2.57. The summed E-state index contributed by atoms with van der Waals surface area (Å²) >= 11 is 0. The fourth-order valence-corrected chi connectivity index (χ4v) is 5.90. The van der Waals surface area contributed by atoms with E-state index in [-0.39, 0.29) is 12.3 Å². The molecule has 2 unspecified atom stereocenters. The van der Waals surface area contributed by atoms with Gasteiger partial charge in [0.15, 0.2) is 0 Å². The van der Waals surface area contributed by atoms with Gasteiger partial charge in [0.2, 0.25) is 0 Å². The maximum Gasteiger partial charge on any atom is 0.303 e. The Bertz CT molecular complexity index is 637. The summed E-state index contributed by atoms with van der Waals surface area (Å²) in [5.41, 5.74) is 1.49. The van der Waals surface area contributed by atoms with Gasteiger partial charge in [0.25, 0.3) is 0 Å². The molecule has 3 aliphatic carbocycles. The molecule has 0 bridgehead atoms. The molecule has 0 aromatic carbocycles. The van der Waals surface area contributed by atoms with Crippen LogP contribution in [0, 0.1) is 41.4 Å². The number of allylic oxidation sites excluding steroid dienone is 2. The number of carboxylic acids is 1. The first-order valence-electron chi connectivity index (χ1n) is 11.8. The summed E-state index contributed by atoms with van der Waals surface area (Å²) in [6, 6.07) is 0. The zero-order valence-corrected chi connectivity index (χ0v) is 17.9. The van der Waals surface area contributed by atoms with Crippen molar-refractivity contribution in [3.8, 4) is 11.8 Å². The predicted molar refractivity (Wildman–Crippen MR) is 114 cm³/mol. The molecule has 3 fully saturated rings. The fraction of sp³-hybridized carbons (Fsp3) is 0.800. The topological polar surface area (TPSA) is 77.8 Å². The van der Waals surface area contributed by atoms with Crippen LogP contribution in [0.25, 0.3) is 0 Å². The van der Waals surface area contributed by atoms with Crippen LogP contribution in [0.15, 0.2) is 11.6 Å². The minimum atomic E-state index is -0.727. The molecule has 0 heterocycles. The van der Waals surface area contributed by atoms with E-state index >= 15 is 0 Å². The molecule has 4 nitrogen and oxygen atoms in total. The van der Waals surface area contributed by atoms with E-state index in [1.165, 1.54) is 24.8 Å². The molecule has 4 heteroatoms. The number of rotatable bonds is 8.